The molecule has 1 atom stereocenters. The maximum Gasteiger partial charge on any atom is 0.233 e. The van der Waals surface area contributed by atoms with Crippen molar-refractivity contribution in [2.24, 2.45) is 28.6 Å². The fourth-order valence-corrected chi connectivity index (χ4v) is 1.94. The number of amides is 1. The summed E-state index contributed by atoms with van der Waals surface area (Å²) in [4.78, 5) is 14.2. The minimum Gasteiger partial charge on any atom is -0.409 e. The van der Waals surface area contributed by atoms with Crippen molar-refractivity contribution < 1.29 is 10.0 Å². The van der Waals surface area contributed by atoms with Gasteiger partial charge in [-0.25, -0.2) is 0 Å². The van der Waals surface area contributed by atoms with Crippen molar-refractivity contribution >= 4 is 11.7 Å². The number of hydrogen-bond acceptors (Lipinski definition) is 3. The van der Waals surface area contributed by atoms with E-state index in [1.165, 1.54) is 0 Å². The van der Waals surface area contributed by atoms with Crippen LogP contribution in [-0.4, -0.2) is 34.9 Å². The average molecular weight is 257 g/mol. The van der Waals surface area contributed by atoms with Crippen molar-refractivity contribution in [1.82, 2.24) is 4.90 Å². The van der Waals surface area contributed by atoms with E-state index in [2.05, 4.69) is 32.9 Å². The molecule has 3 N–H and O–H groups in total. The number of carbonyl (C=O) groups excluding carboxylic acids is 1. The van der Waals surface area contributed by atoms with Crippen molar-refractivity contribution in [2.75, 3.05) is 13.1 Å². The monoisotopic (exact) mass is 257 g/mol. The van der Waals surface area contributed by atoms with Crippen LogP contribution in [0.3, 0.4) is 0 Å². The molecule has 0 fully saturated rings. The van der Waals surface area contributed by atoms with Gasteiger partial charge in [-0.3, -0.25) is 4.79 Å². The van der Waals surface area contributed by atoms with Crippen LogP contribution in [0.4, 0.5) is 0 Å². The quantitative estimate of drug-likeness (QED) is 0.316. The van der Waals surface area contributed by atoms with E-state index in [-0.39, 0.29) is 11.7 Å². The van der Waals surface area contributed by atoms with Gasteiger partial charge in [0.15, 0.2) is 5.84 Å². The van der Waals surface area contributed by atoms with Crippen LogP contribution in [0.1, 0.15) is 41.0 Å². The Morgan fingerprint density at radius 1 is 1.22 bits per heavy atom. The third-order valence-electron chi connectivity index (χ3n) is 2.66. The van der Waals surface area contributed by atoms with Gasteiger partial charge in [-0.15, -0.1) is 0 Å². The lowest BCUT2D eigenvalue weighted by atomic mass is 10.0. The minimum absolute atomic E-state index is 0.0000113. The summed E-state index contributed by atoms with van der Waals surface area (Å²) < 4.78 is 0. The van der Waals surface area contributed by atoms with Crippen molar-refractivity contribution in [3.63, 3.8) is 0 Å². The number of hydrogen-bond donors (Lipinski definition) is 2. The van der Waals surface area contributed by atoms with Crippen molar-refractivity contribution in [3.05, 3.63) is 0 Å². The molecule has 1 unspecified atom stereocenters. The zero-order valence-electron chi connectivity index (χ0n) is 12.2. The molecule has 0 rings (SSSR count). The van der Waals surface area contributed by atoms with Gasteiger partial charge in [0.05, 0.1) is 5.92 Å². The number of nitrogens with zero attached hydrogens (tertiary/aromatic N) is 2. The zero-order chi connectivity index (χ0) is 14.3. The summed E-state index contributed by atoms with van der Waals surface area (Å²) in [6.07, 6.45) is 0.543. The normalized spacial score (nSPS) is 14.1. The Bertz CT molecular complexity index is 278. The second-order valence-electron chi connectivity index (χ2n) is 5.52. The van der Waals surface area contributed by atoms with Crippen LogP contribution in [0.5, 0.6) is 0 Å². The van der Waals surface area contributed by atoms with Crippen LogP contribution in [0.2, 0.25) is 0 Å². The van der Waals surface area contributed by atoms with Gasteiger partial charge >= 0.3 is 0 Å². The van der Waals surface area contributed by atoms with Gasteiger partial charge in [0.2, 0.25) is 5.91 Å². The molecule has 18 heavy (non-hydrogen) atoms. The molecule has 0 aliphatic carbocycles. The number of amidine groups is 1. The summed E-state index contributed by atoms with van der Waals surface area (Å²) >= 11 is 0. The van der Waals surface area contributed by atoms with E-state index in [9.17, 15) is 4.79 Å². The predicted octanol–water partition coefficient (Wildman–Crippen LogP) is 1.90. The predicted molar refractivity (Wildman–Crippen MR) is 73.4 cm³/mol. The topological polar surface area (TPSA) is 78.9 Å². The van der Waals surface area contributed by atoms with E-state index in [1.807, 2.05) is 11.8 Å². The summed E-state index contributed by atoms with van der Waals surface area (Å²) in [5.41, 5.74) is 5.58. The Morgan fingerprint density at radius 2 is 1.67 bits per heavy atom. The molecule has 106 valence electrons. The first-order chi connectivity index (χ1) is 8.33. The average Bonchev–Trinajstić information content (AvgIpc) is 2.27. The molecule has 0 aromatic carbocycles. The van der Waals surface area contributed by atoms with Crippen LogP contribution >= 0.6 is 0 Å². The lowest BCUT2D eigenvalue weighted by Gasteiger charge is -2.29. The molecule has 0 saturated heterocycles. The smallest absolute Gasteiger partial charge is 0.233 e. The summed E-state index contributed by atoms with van der Waals surface area (Å²) in [6.45, 7) is 11.6. The molecular weight excluding hydrogens is 230 g/mol. The third-order valence-corrected chi connectivity index (χ3v) is 2.66. The van der Waals surface area contributed by atoms with Crippen LogP contribution < -0.4 is 5.73 Å². The molecule has 0 aliphatic rings. The van der Waals surface area contributed by atoms with Crippen molar-refractivity contribution in [3.8, 4) is 0 Å². The molecule has 0 aliphatic heterocycles. The first-order valence-corrected chi connectivity index (χ1v) is 6.59. The van der Waals surface area contributed by atoms with Crippen LogP contribution in [0.15, 0.2) is 5.16 Å². The van der Waals surface area contributed by atoms with E-state index < -0.39 is 5.92 Å². The molecule has 0 heterocycles. The molecule has 0 spiro atoms. The second kappa shape index (κ2) is 7.95. The highest BCUT2D eigenvalue weighted by molar-refractivity contribution is 6.02. The standard InChI is InChI=1S/C13H27N3O2/c1-6-11(12(14)15-18)13(17)16(7-9(2)3)8-10(4)5/h9-11,18H,6-8H2,1-5H3,(H2,14,15). The molecule has 5 heteroatoms. The Balaban J connectivity index is 4.91. The highest BCUT2D eigenvalue weighted by Crippen LogP contribution is 2.12. The highest BCUT2D eigenvalue weighted by Gasteiger charge is 2.27. The van der Waals surface area contributed by atoms with E-state index >= 15 is 0 Å². The van der Waals surface area contributed by atoms with E-state index in [1.54, 1.807) is 0 Å². The van der Waals surface area contributed by atoms with Crippen LogP contribution in [-0.2, 0) is 4.79 Å². The van der Waals surface area contributed by atoms with Gasteiger partial charge < -0.3 is 15.8 Å². The summed E-state index contributed by atoms with van der Waals surface area (Å²) in [5.74, 6) is 0.234. The Labute approximate surface area is 110 Å². The van der Waals surface area contributed by atoms with Crippen LogP contribution in [0.25, 0.3) is 0 Å². The SMILES string of the molecule is CCC(C(=O)N(CC(C)C)CC(C)C)C(N)=NO. The molecule has 0 saturated carbocycles. The first-order valence-electron chi connectivity index (χ1n) is 6.59. The van der Waals surface area contributed by atoms with Gasteiger partial charge in [-0.2, -0.15) is 0 Å². The van der Waals surface area contributed by atoms with E-state index in [4.69, 9.17) is 10.9 Å². The summed E-state index contributed by atoms with van der Waals surface area (Å²) in [7, 11) is 0. The third kappa shape index (κ3) is 5.38. The van der Waals surface area contributed by atoms with Gasteiger partial charge in [0.1, 0.15) is 0 Å². The maximum atomic E-state index is 12.4. The molecule has 0 bridgehead atoms. The Morgan fingerprint density at radius 3 is 1.94 bits per heavy atom. The Kier molecular flexibility index (Phi) is 7.39. The number of rotatable bonds is 7. The molecule has 0 aromatic rings. The maximum absolute atomic E-state index is 12.4. The lowest BCUT2D eigenvalue weighted by Crippen LogP contribution is -2.44. The molecule has 0 aromatic heterocycles. The fraction of sp³-hybridized carbons (Fsp3) is 0.846. The lowest BCUT2D eigenvalue weighted by molar-refractivity contribution is -0.134. The van der Waals surface area contributed by atoms with Gasteiger partial charge in [0.25, 0.3) is 0 Å². The van der Waals surface area contributed by atoms with Gasteiger partial charge in [-0.1, -0.05) is 39.8 Å². The van der Waals surface area contributed by atoms with Gasteiger partial charge in [0, 0.05) is 13.1 Å². The summed E-state index contributed by atoms with van der Waals surface area (Å²) in [5, 5.41) is 11.7. The van der Waals surface area contributed by atoms with E-state index in [0.717, 1.165) is 0 Å². The number of carbonyl (C=O) groups is 1. The first kappa shape index (κ1) is 16.7. The van der Waals surface area contributed by atoms with Gasteiger partial charge in [-0.05, 0) is 18.3 Å². The van der Waals surface area contributed by atoms with Crippen molar-refractivity contribution in [2.45, 2.75) is 41.0 Å². The molecule has 1 amide bonds. The zero-order valence-corrected chi connectivity index (χ0v) is 12.2. The highest BCUT2D eigenvalue weighted by atomic mass is 16.4. The largest absolute Gasteiger partial charge is 0.409 e. The number of oxime groups is 1. The van der Waals surface area contributed by atoms with E-state index in [0.29, 0.717) is 31.3 Å². The minimum atomic E-state index is -0.521. The fourth-order valence-electron chi connectivity index (χ4n) is 1.94. The Hall–Kier alpha value is -1.26. The summed E-state index contributed by atoms with van der Waals surface area (Å²) in [6, 6.07) is 0. The molecule has 0 radical (unpaired) electrons. The van der Waals surface area contributed by atoms with Crippen LogP contribution in [0, 0.1) is 17.8 Å². The number of nitrogens with two attached hydrogens (primary N) is 1. The second-order valence-corrected chi connectivity index (χ2v) is 5.52. The van der Waals surface area contributed by atoms with Crippen molar-refractivity contribution in [1.29, 1.82) is 0 Å². The molecular formula is C13H27N3O2. The molecule has 5 nitrogen and oxygen atoms in total.